The lowest BCUT2D eigenvalue weighted by molar-refractivity contribution is 0.288. The maximum absolute atomic E-state index is 11.8. The lowest BCUT2D eigenvalue weighted by Crippen LogP contribution is -2.39. The summed E-state index contributed by atoms with van der Waals surface area (Å²) < 4.78 is 25.4. The SMILES string of the molecule is Cc1ccc2nc(Nc3cc(CN4CCS(=O)(=O)CC4)cc(-c4cnn(C)c4)c3)ncc2c1. The predicted molar refractivity (Wildman–Crippen MR) is 130 cm³/mol. The summed E-state index contributed by atoms with van der Waals surface area (Å²) in [6.45, 7) is 3.83. The van der Waals surface area contributed by atoms with Crippen molar-refractivity contribution >= 4 is 32.4 Å². The molecule has 0 aliphatic carbocycles. The molecule has 1 aliphatic rings. The zero-order valence-corrected chi connectivity index (χ0v) is 19.5. The Morgan fingerprint density at radius 2 is 1.85 bits per heavy atom. The topological polar surface area (TPSA) is 93.0 Å². The first kappa shape index (κ1) is 21.5. The fraction of sp³-hybridized carbons (Fsp3) is 0.292. The van der Waals surface area contributed by atoms with E-state index in [9.17, 15) is 8.42 Å². The second-order valence-corrected chi connectivity index (χ2v) is 10.9. The van der Waals surface area contributed by atoms with Crippen LogP contribution in [0.5, 0.6) is 0 Å². The summed E-state index contributed by atoms with van der Waals surface area (Å²) in [6, 6.07) is 12.4. The summed E-state index contributed by atoms with van der Waals surface area (Å²) in [7, 11) is -1.01. The first-order valence-corrected chi connectivity index (χ1v) is 12.7. The van der Waals surface area contributed by atoms with E-state index in [0.29, 0.717) is 25.6 Å². The molecule has 1 fully saturated rings. The standard InChI is InChI=1S/C24H26N6O2S/c1-17-3-4-23-20(9-17)13-25-24(28-23)27-22-11-18(15-30-5-7-33(31,32)8-6-30)10-19(12-22)21-14-26-29(2)16-21/h3-4,9-14,16H,5-8,15H2,1-2H3,(H,25,27,28). The van der Waals surface area contributed by atoms with Gasteiger partial charge in [0.25, 0.3) is 0 Å². The average molecular weight is 463 g/mol. The summed E-state index contributed by atoms with van der Waals surface area (Å²) in [4.78, 5) is 11.3. The molecular weight excluding hydrogens is 436 g/mol. The number of sulfone groups is 1. The van der Waals surface area contributed by atoms with Gasteiger partial charge in [0.15, 0.2) is 9.84 Å². The molecular formula is C24H26N6O2S. The van der Waals surface area contributed by atoms with Gasteiger partial charge in [0.2, 0.25) is 5.95 Å². The van der Waals surface area contributed by atoms with Gasteiger partial charge in [-0.3, -0.25) is 9.58 Å². The molecule has 33 heavy (non-hydrogen) atoms. The Balaban J connectivity index is 1.45. The highest BCUT2D eigenvalue weighted by Gasteiger charge is 2.21. The van der Waals surface area contributed by atoms with Crippen LogP contribution in [-0.4, -0.2) is 57.7 Å². The molecule has 3 heterocycles. The molecule has 5 rings (SSSR count). The largest absolute Gasteiger partial charge is 0.324 e. The van der Waals surface area contributed by atoms with Crippen LogP contribution in [0.1, 0.15) is 11.1 Å². The van der Waals surface area contributed by atoms with Crippen LogP contribution in [0.2, 0.25) is 0 Å². The van der Waals surface area contributed by atoms with E-state index in [4.69, 9.17) is 0 Å². The number of nitrogens with one attached hydrogen (secondary N) is 1. The molecule has 9 heteroatoms. The number of rotatable bonds is 5. The Labute approximate surface area is 193 Å². The van der Waals surface area contributed by atoms with Gasteiger partial charge in [-0.05, 0) is 48.4 Å². The highest BCUT2D eigenvalue weighted by atomic mass is 32.2. The zero-order chi connectivity index (χ0) is 23.0. The molecule has 8 nitrogen and oxygen atoms in total. The molecule has 0 saturated carbocycles. The molecule has 0 radical (unpaired) electrons. The fourth-order valence-corrected chi connectivity index (χ4v) is 5.38. The number of aryl methyl sites for hydroxylation is 2. The molecule has 1 aliphatic heterocycles. The van der Waals surface area contributed by atoms with Crippen LogP contribution in [0.25, 0.3) is 22.0 Å². The quantitative estimate of drug-likeness (QED) is 0.486. The van der Waals surface area contributed by atoms with E-state index >= 15 is 0 Å². The summed E-state index contributed by atoms with van der Waals surface area (Å²) in [6.07, 6.45) is 5.65. The van der Waals surface area contributed by atoms with Crippen molar-refractivity contribution in [1.29, 1.82) is 0 Å². The molecule has 2 aromatic carbocycles. The second kappa shape index (κ2) is 8.57. The second-order valence-electron chi connectivity index (χ2n) is 8.63. The molecule has 0 unspecified atom stereocenters. The number of hydrogen-bond donors (Lipinski definition) is 1. The lowest BCUT2D eigenvalue weighted by Gasteiger charge is -2.26. The normalized spacial score (nSPS) is 16.2. The molecule has 2 aromatic heterocycles. The maximum Gasteiger partial charge on any atom is 0.227 e. The highest BCUT2D eigenvalue weighted by Crippen LogP contribution is 2.27. The van der Waals surface area contributed by atoms with Crippen molar-refractivity contribution in [3.8, 4) is 11.1 Å². The summed E-state index contributed by atoms with van der Waals surface area (Å²) >= 11 is 0. The van der Waals surface area contributed by atoms with E-state index in [1.54, 1.807) is 4.68 Å². The summed E-state index contributed by atoms with van der Waals surface area (Å²) in [5.74, 6) is 0.958. The van der Waals surface area contributed by atoms with Gasteiger partial charge in [0, 0.05) is 55.7 Å². The van der Waals surface area contributed by atoms with Gasteiger partial charge in [-0.25, -0.2) is 18.4 Å². The molecule has 1 N–H and O–H groups in total. The van der Waals surface area contributed by atoms with E-state index in [2.05, 4.69) is 56.5 Å². The predicted octanol–water partition coefficient (Wildman–Crippen LogP) is 3.31. The van der Waals surface area contributed by atoms with Crippen LogP contribution in [0.15, 0.2) is 55.0 Å². The molecule has 0 amide bonds. The summed E-state index contributed by atoms with van der Waals surface area (Å²) in [5, 5.41) is 8.66. The van der Waals surface area contributed by atoms with E-state index in [1.165, 1.54) is 5.56 Å². The Morgan fingerprint density at radius 1 is 1.03 bits per heavy atom. The monoisotopic (exact) mass is 462 g/mol. The molecule has 1 saturated heterocycles. The lowest BCUT2D eigenvalue weighted by atomic mass is 10.0. The van der Waals surface area contributed by atoms with Gasteiger partial charge < -0.3 is 5.32 Å². The van der Waals surface area contributed by atoms with Gasteiger partial charge in [-0.2, -0.15) is 5.10 Å². The van der Waals surface area contributed by atoms with Crippen molar-refractivity contribution < 1.29 is 8.42 Å². The van der Waals surface area contributed by atoms with Crippen LogP contribution >= 0.6 is 0 Å². The van der Waals surface area contributed by atoms with E-state index in [-0.39, 0.29) is 11.5 Å². The van der Waals surface area contributed by atoms with Crippen LogP contribution in [0, 0.1) is 6.92 Å². The van der Waals surface area contributed by atoms with Crippen molar-refractivity contribution in [3.63, 3.8) is 0 Å². The van der Waals surface area contributed by atoms with E-state index in [0.717, 1.165) is 33.3 Å². The smallest absolute Gasteiger partial charge is 0.227 e. The Kier molecular flexibility index (Phi) is 5.59. The Morgan fingerprint density at radius 3 is 2.61 bits per heavy atom. The van der Waals surface area contributed by atoms with Crippen LogP contribution in [-0.2, 0) is 23.4 Å². The molecule has 0 atom stereocenters. The Bertz CT molecular complexity index is 1420. The van der Waals surface area contributed by atoms with Gasteiger partial charge in [0.1, 0.15) is 0 Å². The maximum atomic E-state index is 11.8. The minimum atomic E-state index is -2.91. The molecule has 170 valence electrons. The fourth-order valence-electron chi connectivity index (χ4n) is 4.10. The third kappa shape index (κ3) is 5.04. The highest BCUT2D eigenvalue weighted by molar-refractivity contribution is 7.91. The summed E-state index contributed by atoms with van der Waals surface area (Å²) in [5.41, 5.74) is 6.07. The number of nitrogens with zero attached hydrogens (tertiary/aromatic N) is 5. The number of anilines is 2. The number of aromatic nitrogens is 4. The van der Waals surface area contributed by atoms with Crippen LogP contribution in [0.3, 0.4) is 0 Å². The molecule has 0 spiro atoms. The number of fused-ring (bicyclic) bond motifs is 1. The number of benzene rings is 2. The number of hydrogen-bond acceptors (Lipinski definition) is 7. The van der Waals surface area contributed by atoms with Crippen molar-refractivity contribution in [1.82, 2.24) is 24.6 Å². The third-order valence-corrected chi connectivity index (χ3v) is 7.47. The third-order valence-electron chi connectivity index (χ3n) is 5.87. The van der Waals surface area contributed by atoms with Crippen molar-refractivity contribution in [2.24, 2.45) is 7.05 Å². The molecule has 4 aromatic rings. The van der Waals surface area contributed by atoms with Crippen LogP contribution < -0.4 is 5.32 Å². The van der Waals surface area contributed by atoms with E-state index < -0.39 is 9.84 Å². The average Bonchev–Trinajstić information content (AvgIpc) is 3.22. The zero-order valence-electron chi connectivity index (χ0n) is 18.7. The molecule has 0 bridgehead atoms. The van der Waals surface area contributed by atoms with E-state index in [1.807, 2.05) is 37.8 Å². The van der Waals surface area contributed by atoms with Crippen LogP contribution in [0.4, 0.5) is 11.6 Å². The minimum absolute atomic E-state index is 0.213. The van der Waals surface area contributed by atoms with Gasteiger partial charge >= 0.3 is 0 Å². The first-order valence-electron chi connectivity index (χ1n) is 10.9. The van der Waals surface area contributed by atoms with Gasteiger partial charge in [-0.1, -0.05) is 11.6 Å². The van der Waals surface area contributed by atoms with Crippen molar-refractivity contribution in [2.45, 2.75) is 13.5 Å². The minimum Gasteiger partial charge on any atom is -0.324 e. The van der Waals surface area contributed by atoms with Crippen molar-refractivity contribution in [3.05, 3.63) is 66.1 Å². The van der Waals surface area contributed by atoms with Gasteiger partial charge in [-0.15, -0.1) is 0 Å². The van der Waals surface area contributed by atoms with Gasteiger partial charge in [0.05, 0.1) is 23.2 Å². The Hall–Kier alpha value is -3.30. The first-order chi connectivity index (χ1) is 15.8. The van der Waals surface area contributed by atoms with Crippen molar-refractivity contribution in [2.75, 3.05) is 29.9 Å².